The first-order valence-electron chi connectivity index (χ1n) is 8.97. The van der Waals surface area contributed by atoms with E-state index in [0.29, 0.717) is 4.90 Å². The number of hydrogen-bond acceptors (Lipinski definition) is 2. The first-order valence-corrected chi connectivity index (χ1v) is 13.9. The highest BCUT2D eigenvalue weighted by Crippen LogP contribution is 2.16. The lowest BCUT2D eigenvalue weighted by Crippen LogP contribution is -2.32. The summed E-state index contributed by atoms with van der Waals surface area (Å²) in [4.78, 5) is 0.302. The summed E-state index contributed by atoms with van der Waals surface area (Å²) in [5, 5.41) is 0. The van der Waals surface area contributed by atoms with Crippen molar-refractivity contribution in [1.29, 1.82) is 0 Å². The molecule has 0 fully saturated rings. The summed E-state index contributed by atoms with van der Waals surface area (Å²) >= 11 is 0. The molecule has 0 amide bonds. The maximum Gasteiger partial charge on any atom is 0.244 e. The smallest absolute Gasteiger partial charge is 0.207 e. The monoisotopic (exact) mass is 397 g/mol. The van der Waals surface area contributed by atoms with Gasteiger partial charge in [-0.15, -0.1) is 5.54 Å². The number of aryl methyl sites for hydroxylation is 1. The van der Waals surface area contributed by atoms with Gasteiger partial charge in [0.2, 0.25) is 10.0 Å². The Morgan fingerprint density at radius 2 is 1.63 bits per heavy atom. The van der Waals surface area contributed by atoms with Gasteiger partial charge in [0.1, 0.15) is 8.07 Å². The average Bonchev–Trinajstić information content (AvgIpc) is 2.60. The third-order valence-corrected chi connectivity index (χ3v) is 6.55. The van der Waals surface area contributed by atoms with Crippen molar-refractivity contribution in [1.82, 2.24) is 4.31 Å². The van der Waals surface area contributed by atoms with Gasteiger partial charge < -0.3 is 0 Å². The molecule has 2 aromatic carbocycles. The van der Waals surface area contributed by atoms with Crippen molar-refractivity contribution < 1.29 is 8.42 Å². The summed E-state index contributed by atoms with van der Waals surface area (Å²) < 4.78 is 27.6. The zero-order valence-electron chi connectivity index (χ0n) is 16.4. The van der Waals surface area contributed by atoms with E-state index < -0.39 is 18.1 Å². The highest BCUT2D eigenvalue weighted by molar-refractivity contribution is 7.89. The van der Waals surface area contributed by atoms with Gasteiger partial charge in [0.05, 0.1) is 11.4 Å². The SMILES string of the molecule is Cc1ccc(S(=O)(=O)N(CC#C[Si](C)(C)C)C/C=C\c2ccccc2)cc1. The summed E-state index contributed by atoms with van der Waals surface area (Å²) in [7, 11) is -5.15. The quantitative estimate of drug-likeness (QED) is 0.528. The molecule has 2 rings (SSSR count). The van der Waals surface area contributed by atoms with E-state index in [2.05, 4.69) is 31.1 Å². The molecule has 0 unspecified atom stereocenters. The predicted molar refractivity (Wildman–Crippen MR) is 117 cm³/mol. The molecule has 3 nitrogen and oxygen atoms in total. The molecule has 0 N–H and O–H groups in total. The van der Waals surface area contributed by atoms with Crippen LogP contribution in [0.5, 0.6) is 0 Å². The van der Waals surface area contributed by atoms with Gasteiger partial charge in [-0.05, 0) is 24.6 Å². The Balaban J connectivity index is 2.26. The molecule has 27 heavy (non-hydrogen) atoms. The van der Waals surface area contributed by atoms with Crippen molar-refractivity contribution in [3.63, 3.8) is 0 Å². The third-order valence-electron chi connectivity index (χ3n) is 3.80. The maximum absolute atomic E-state index is 13.1. The summed E-state index contributed by atoms with van der Waals surface area (Å²) in [6.07, 6.45) is 3.81. The predicted octanol–water partition coefficient (Wildman–Crippen LogP) is 4.58. The van der Waals surface area contributed by atoms with Gasteiger partial charge >= 0.3 is 0 Å². The van der Waals surface area contributed by atoms with E-state index in [1.54, 1.807) is 12.1 Å². The second-order valence-corrected chi connectivity index (χ2v) is 14.2. The highest BCUT2D eigenvalue weighted by atomic mass is 32.2. The third kappa shape index (κ3) is 6.83. The number of sulfonamides is 1. The van der Waals surface area contributed by atoms with Crippen molar-refractivity contribution in [2.75, 3.05) is 13.1 Å². The minimum absolute atomic E-state index is 0.194. The Labute approximate surface area is 164 Å². The molecule has 0 heterocycles. The van der Waals surface area contributed by atoms with Gasteiger partial charge in [-0.2, -0.15) is 4.31 Å². The fraction of sp³-hybridized carbons (Fsp3) is 0.273. The zero-order chi connectivity index (χ0) is 19.9. The molecule has 0 bridgehead atoms. The second kappa shape index (κ2) is 9.18. The highest BCUT2D eigenvalue weighted by Gasteiger charge is 2.22. The lowest BCUT2D eigenvalue weighted by atomic mass is 10.2. The minimum Gasteiger partial charge on any atom is -0.207 e. The van der Waals surface area contributed by atoms with Crippen LogP contribution < -0.4 is 0 Å². The molecule has 0 aliphatic heterocycles. The van der Waals surface area contributed by atoms with Gasteiger partial charge in [0, 0.05) is 6.54 Å². The van der Waals surface area contributed by atoms with Crippen molar-refractivity contribution in [3.8, 4) is 11.5 Å². The van der Waals surface area contributed by atoms with Crippen LogP contribution in [0.25, 0.3) is 6.08 Å². The Morgan fingerprint density at radius 3 is 2.22 bits per heavy atom. The zero-order valence-corrected chi connectivity index (χ0v) is 18.3. The minimum atomic E-state index is -3.59. The Hall–Kier alpha value is -2.13. The van der Waals surface area contributed by atoms with E-state index >= 15 is 0 Å². The van der Waals surface area contributed by atoms with Crippen molar-refractivity contribution >= 4 is 24.2 Å². The topological polar surface area (TPSA) is 37.4 Å². The first kappa shape index (κ1) is 21.2. The van der Waals surface area contributed by atoms with Crippen LogP contribution in [0.15, 0.2) is 65.6 Å². The Kier molecular flexibility index (Phi) is 7.20. The fourth-order valence-electron chi connectivity index (χ4n) is 2.37. The van der Waals surface area contributed by atoms with E-state index in [0.717, 1.165) is 11.1 Å². The molecule has 5 heteroatoms. The van der Waals surface area contributed by atoms with E-state index in [1.807, 2.05) is 61.5 Å². The van der Waals surface area contributed by atoms with Crippen molar-refractivity contribution in [3.05, 3.63) is 71.8 Å². The molecule has 0 radical (unpaired) electrons. The lowest BCUT2D eigenvalue weighted by molar-refractivity contribution is 0.478. The average molecular weight is 398 g/mol. The number of rotatable bonds is 6. The van der Waals surface area contributed by atoms with Crippen molar-refractivity contribution in [2.24, 2.45) is 0 Å². The van der Waals surface area contributed by atoms with Crippen LogP contribution in [0.4, 0.5) is 0 Å². The van der Waals surface area contributed by atoms with E-state index in [4.69, 9.17) is 0 Å². The van der Waals surface area contributed by atoms with Crippen LogP contribution in [-0.2, 0) is 10.0 Å². The molecule has 2 aromatic rings. The van der Waals surface area contributed by atoms with Crippen LogP contribution >= 0.6 is 0 Å². The van der Waals surface area contributed by atoms with Gasteiger partial charge in [-0.1, -0.05) is 85.7 Å². The van der Waals surface area contributed by atoms with Crippen LogP contribution in [-0.4, -0.2) is 33.9 Å². The molecule has 0 aliphatic rings. The Bertz CT molecular complexity index is 932. The van der Waals surface area contributed by atoms with E-state index in [1.165, 1.54) is 4.31 Å². The molecule has 142 valence electrons. The van der Waals surface area contributed by atoms with Gasteiger partial charge in [-0.3, -0.25) is 0 Å². The molecular formula is C22H27NO2SSi. The number of hydrogen-bond donors (Lipinski definition) is 0. The van der Waals surface area contributed by atoms with Crippen LogP contribution in [0.1, 0.15) is 11.1 Å². The molecule has 0 atom stereocenters. The van der Waals surface area contributed by atoms with Gasteiger partial charge in [0.15, 0.2) is 0 Å². The molecule has 0 spiro atoms. The molecule has 0 saturated carbocycles. The van der Waals surface area contributed by atoms with Crippen LogP contribution in [0.3, 0.4) is 0 Å². The molecular weight excluding hydrogens is 370 g/mol. The normalized spacial score (nSPS) is 12.2. The standard InChI is InChI=1S/C22H27NO2SSi/c1-20-13-15-22(16-14-20)26(24,25)23(18-9-19-27(2,3)4)17-8-12-21-10-6-5-7-11-21/h5-8,10-16H,17-18H2,1-4H3/b12-8-. The number of nitrogens with zero attached hydrogens (tertiary/aromatic N) is 1. The van der Waals surface area contributed by atoms with Crippen LogP contribution in [0, 0.1) is 18.4 Å². The summed E-state index contributed by atoms with van der Waals surface area (Å²) in [5.41, 5.74) is 5.32. The molecule has 0 aliphatic carbocycles. The summed E-state index contributed by atoms with van der Waals surface area (Å²) in [5.74, 6) is 3.09. The maximum atomic E-state index is 13.1. The summed E-state index contributed by atoms with van der Waals surface area (Å²) in [6.45, 7) is 8.86. The van der Waals surface area contributed by atoms with Crippen LogP contribution in [0.2, 0.25) is 19.6 Å². The van der Waals surface area contributed by atoms with E-state index in [9.17, 15) is 8.42 Å². The van der Waals surface area contributed by atoms with Crippen molar-refractivity contribution in [2.45, 2.75) is 31.5 Å². The fourth-order valence-corrected chi connectivity index (χ4v) is 4.27. The number of benzene rings is 2. The van der Waals surface area contributed by atoms with Gasteiger partial charge in [-0.25, -0.2) is 8.42 Å². The molecule has 0 saturated heterocycles. The van der Waals surface area contributed by atoms with Gasteiger partial charge in [0.25, 0.3) is 0 Å². The Morgan fingerprint density at radius 1 is 1.00 bits per heavy atom. The molecule has 0 aromatic heterocycles. The summed E-state index contributed by atoms with van der Waals surface area (Å²) in [6, 6.07) is 16.8. The first-order chi connectivity index (χ1) is 12.7. The van der Waals surface area contributed by atoms with E-state index in [-0.39, 0.29) is 13.1 Å². The largest absolute Gasteiger partial charge is 0.244 e. The lowest BCUT2D eigenvalue weighted by Gasteiger charge is -2.19. The second-order valence-electron chi connectivity index (χ2n) is 7.48.